The molecule has 1 heterocycles. The van der Waals surface area contributed by atoms with Gasteiger partial charge in [0.1, 0.15) is 12.4 Å². The van der Waals surface area contributed by atoms with Crippen molar-refractivity contribution >= 4 is 11.9 Å². The van der Waals surface area contributed by atoms with E-state index in [0.717, 1.165) is 12.8 Å². The highest BCUT2D eigenvalue weighted by atomic mass is 19.4. The van der Waals surface area contributed by atoms with Crippen molar-refractivity contribution in [1.29, 1.82) is 0 Å². The summed E-state index contributed by atoms with van der Waals surface area (Å²) in [6, 6.07) is 6.91. The summed E-state index contributed by atoms with van der Waals surface area (Å²) >= 11 is 0. The standard InChI is InChI=1S/C16H21FN2O3.C2HF3O2/c17-9-12(10-18)11-22-15-3-1-13(2-4-15)16(20)19-14-5-7-21-8-6-14;3-2(4,5)1(6)7/h1-4,9,14H,5-8,10-11,18H2,(H,19,20);(H,6,7). The van der Waals surface area contributed by atoms with Crippen molar-refractivity contribution in [2.75, 3.05) is 26.4 Å². The highest BCUT2D eigenvalue weighted by Crippen LogP contribution is 2.15. The number of benzene rings is 1. The van der Waals surface area contributed by atoms with Gasteiger partial charge in [-0.2, -0.15) is 13.2 Å². The Bertz CT molecular complexity index is 686. The van der Waals surface area contributed by atoms with E-state index in [-0.39, 0.29) is 25.1 Å². The summed E-state index contributed by atoms with van der Waals surface area (Å²) in [5.74, 6) is -2.30. The third-order valence-corrected chi connectivity index (χ3v) is 3.76. The monoisotopic (exact) mass is 422 g/mol. The van der Waals surface area contributed by atoms with Gasteiger partial charge in [-0.1, -0.05) is 0 Å². The van der Waals surface area contributed by atoms with E-state index in [9.17, 15) is 22.4 Å². The maximum atomic E-state index is 12.4. The van der Waals surface area contributed by atoms with Crippen LogP contribution in [-0.4, -0.2) is 55.6 Å². The lowest BCUT2D eigenvalue weighted by molar-refractivity contribution is -0.192. The molecule has 0 radical (unpaired) electrons. The van der Waals surface area contributed by atoms with E-state index in [1.165, 1.54) is 0 Å². The number of amides is 1. The molecule has 1 amide bonds. The summed E-state index contributed by atoms with van der Waals surface area (Å²) in [7, 11) is 0. The maximum Gasteiger partial charge on any atom is 0.490 e. The molecule has 0 unspecified atom stereocenters. The molecule has 4 N–H and O–H groups in total. The van der Waals surface area contributed by atoms with Crippen molar-refractivity contribution in [1.82, 2.24) is 5.32 Å². The molecule has 0 aliphatic carbocycles. The summed E-state index contributed by atoms with van der Waals surface area (Å²) in [6.07, 6.45) is -2.95. The lowest BCUT2D eigenvalue weighted by Gasteiger charge is -2.23. The fraction of sp³-hybridized carbons (Fsp3) is 0.444. The maximum absolute atomic E-state index is 12.4. The lowest BCUT2D eigenvalue weighted by atomic mass is 10.1. The lowest BCUT2D eigenvalue weighted by Crippen LogP contribution is -2.38. The molecule has 11 heteroatoms. The average Bonchev–Trinajstić information content (AvgIpc) is 2.69. The number of carbonyl (C=O) groups is 2. The van der Waals surface area contributed by atoms with Gasteiger partial charge in [-0.25, -0.2) is 9.18 Å². The number of aliphatic carboxylic acids is 1. The fourth-order valence-electron chi connectivity index (χ4n) is 2.12. The molecule has 0 spiro atoms. The second kappa shape index (κ2) is 12.0. The number of carbonyl (C=O) groups excluding carboxylic acids is 1. The van der Waals surface area contributed by atoms with Crippen molar-refractivity contribution in [2.45, 2.75) is 25.1 Å². The Labute approximate surface area is 164 Å². The molecule has 1 fully saturated rings. The van der Waals surface area contributed by atoms with E-state index >= 15 is 0 Å². The van der Waals surface area contributed by atoms with Crippen molar-refractivity contribution in [2.24, 2.45) is 5.73 Å². The predicted molar refractivity (Wildman–Crippen MR) is 95.2 cm³/mol. The van der Waals surface area contributed by atoms with E-state index in [0.29, 0.717) is 36.4 Å². The molecule has 1 aliphatic heterocycles. The molecule has 29 heavy (non-hydrogen) atoms. The number of ether oxygens (including phenoxy) is 2. The first kappa shape index (κ1) is 24.4. The van der Waals surface area contributed by atoms with Crippen molar-refractivity contribution in [3.8, 4) is 5.75 Å². The van der Waals surface area contributed by atoms with Crippen LogP contribution in [-0.2, 0) is 9.53 Å². The van der Waals surface area contributed by atoms with E-state index in [1.54, 1.807) is 24.3 Å². The minimum absolute atomic E-state index is 0.0978. The quantitative estimate of drug-likeness (QED) is 0.608. The van der Waals surface area contributed by atoms with Crippen LogP contribution in [0.1, 0.15) is 23.2 Å². The topological polar surface area (TPSA) is 111 Å². The Morgan fingerprint density at radius 2 is 1.79 bits per heavy atom. The first-order valence-corrected chi connectivity index (χ1v) is 8.57. The van der Waals surface area contributed by atoms with Crippen molar-refractivity contribution in [3.63, 3.8) is 0 Å². The molecular weight excluding hydrogens is 400 g/mol. The van der Waals surface area contributed by atoms with E-state index in [4.69, 9.17) is 25.1 Å². The Balaban J connectivity index is 0.000000516. The molecule has 0 saturated carbocycles. The second-order valence-electron chi connectivity index (χ2n) is 5.95. The molecule has 0 atom stereocenters. The summed E-state index contributed by atoms with van der Waals surface area (Å²) in [5, 5.41) is 10.1. The number of nitrogens with two attached hydrogens (primary N) is 1. The van der Waals surface area contributed by atoms with Crippen LogP contribution in [0.25, 0.3) is 0 Å². The van der Waals surface area contributed by atoms with Crippen molar-refractivity contribution < 1.29 is 41.7 Å². The smallest absolute Gasteiger partial charge is 0.489 e. The number of carboxylic acids is 1. The van der Waals surface area contributed by atoms with Gasteiger partial charge in [-0.15, -0.1) is 0 Å². The molecule has 1 aromatic rings. The minimum atomic E-state index is -5.08. The van der Waals surface area contributed by atoms with Gasteiger partial charge in [0.2, 0.25) is 0 Å². The number of halogens is 4. The third-order valence-electron chi connectivity index (χ3n) is 3.76. The molecule has 0 bridgehead atoms. The van der Waals surface area contributed by atoms with Crippen LogP contribution in [0.5, 0.6) is 5.75 Å². The van der Waals surface area contributed by atoms with Crippen LogP contribution in [0.2, 0.25) is 0 Å². The van der Waals surface area contributed by atoms with E-state index in [2.05, 4.69) is 5.32 Å². The molecule has 162 valence electrons. The number of hydrogen-bond donors (Lipinski definition) is 3. The zero-order valence-electron chi connectivity index (χ0n) is 15.4. The number of carboxylic acid groups (broad SMARTS) is 1. The molecule has 1 aromatic carbocycles. The van der Waals surface area contributed by atoms with Gasteiger partial charge in [0.15, 0.2) is 0 Å². The van der Waals surface area contributed by atoms with E-state index < -0.39 is 12.1 Å². The van der Waals surface area contributed by atoms with Crippen LogP contribution >= 0.6 is 0 Å². The third kappa shape index (κ3) is 9.39. The van der Waals surface area contributed by atoms with Gasteiger partial charge >= 0.3 is 12.1 Å². The van der Waals surface area contributed by atoms with Crippen LogP contribution in [0, 0.1) is 0 Å². The van der Waals surface area contributed by atoms with Crippen LogP contribution in [0.15, 0.2) is 36.2 Å². The highest BCUT2D eigenvalue weighted by molar-refractivity contribution is 5.94. The Morgan fingerprint density at radius 1 is 1.24 bits per heavy atom. The zero-order valence-corrected chi connectivity index (χ0v) is 15.4. The molecular formula is C18H22F4N2O5. The largest absolute Gasteiger partial charge is 0.490 e. The number of hydrogen-bond acceptors (Lipinski definition) is 5. The van der Waals surface area contributed by atoms with Crippen molar-refractivity contribution in [3.05, 3.63) is 41.7 Å². The summed E-state index contributed by atoms with van der Waals surface area (Å²) in [5.41, 5.74) is 6.29. The first-order valence-electron chi connectivity index (χ1n) is 8.57. The Morgan fingerprint density at radius 3 is 2.24 bits per heavy atom. The van der Waals surface area contributed by atoms with E-state index in [1.807, 2.05) is 0 Å². The molecule has 7 nitrogen and oxygen atoms in total. The van der Waals surface area contributed by atoms with Gasteiger partial charge < -0.3 is 25.6 Å². The first-order chi connectivity index (χ1) is 13.7. The average molecular weight is 422 g/mol. The number of nitrogens with one attached hydrogen (secondary N) is 1. The zero-order chi connectivity index (χ0) is 21.9. The second-order valence-corrected chi connectivity index (χ2v) is 5.95. The molecule has 1 saturated heterocycles. The normalized spacial score (nSPS) is 15.1. The molecule has 0 aromatic heterocycles. The summed E-state index contributed by atoms with van der Waals surface area (Å²) < 4.78 is 54.8. The molecule has 2 rings (SSSR count). The highest BCUT2D eigenvalue weighted by Gasteiger charge is 2.38. The number of alkyl halides is 3. The van der Waals surface area contributed by atoms with Crippen LogP contribution in [0.4, 0.5) is 17.6 Å². The molecule has 1 aliphatic rings. The number of rotatable bonds is 6. The predicted octanol–water partition coefficient (Wildman–Crippen LogP) is 2.42. The minimum Gasteiger partial charge on any atom is -0.489 e. The van der Waals surface area contributed by atoms with Gasteiger partial charge in [0.05, 0.1) is 6.33 Å². The van der Waals surface area contributed by atoms with Gasteiger partial charge in [0.25, 0.3) is 5.91 Å². The van der Waals surface area contributed by atoms with Crippen LogP contribution < -0.4 is 15.8 Å². The van der Waals surface area contributed by atoms with Gasteiger partial charge in [0, 0.05) is 36.9 Å². The fourth-order valence-corrected chi connectivity index (χ4v) is 2.12. The Kier molecular flexibility index (Phi) is 10.1. The summed E-state index contributed by atoms with van der Waals surface area (Å²) in [4.78, 5) is 21.0. The summed E-state index contributed by atoms with van der Waals surface area (Å²) in [6.45, 7) is 1.58. The SMILES string of the molecule is NCC(=CF)COc1ccc(C(=O)NC2CCOCC2)cc1.O=C(O)C(F)(F)F. The van der Waals surface area contributed by atoms with Gasteiger partial charge in [-0.3, -0.25) is 4.79 Å². The Hall–Kier alpha value is -2.66. The van der Waals surface area contributed by atoms with Crippen LogP contribution in [0.3, 0.4) is 0 Å². The van der Waals surface area contributed by atoms with Gasteiger partial charge in [-0.05, 0) is 37.1 Å².